The van der Waals surface area contributed by atoms with E-state index in [0.29, 0.717) is 13.1 Å². The molecule has 2 unspecified atom stereocenters. The Bertz CT molecular complexity index is 149. The molecular formula is C6H13N2O2+. The van der Waals surface area contributed by atoms with Gasteiger partial charge in [-0.15, -0.1) is 0 Å². The van der Waals surface area contributed by atoms with E-state index in [0.717, 1.165) is 4.76 Å². The number of rotatable bonds is 1. The smallest absolute Gasteiger partial charge is 0.240 e. The highest BCUT2D eigenvalue weighted by molar-refractivity contribution is 4.80. The minimum Gasteiger partial charge on any atom is -0.385 e. The first-order valence-electron chi connectivity index (χ1n) is 3.38. The quantitative estimate of drug-likeness (QED) is 0.485. The lowest BCUT2D eigenvalue weighted by Gasteiger charge is -2.01. The molecule has 2 atom stereocenters. The Morgan fingerprint density at radius 1 is 1.60 bits per heavy atom. The Morgan fingerprint density at radius 3 is 2.40 bits per heavy atom. The molecule has 0 aromatic carbocycles. The average molecular weight is 145 g/mol. The van der Waals surface area contributed by atoms with Crippen LogP contribution in [0.2, 0.25) is 0 Å². The Hall–Kier alpha value is -0.480. The van der Waals surface area contributed by atoms with Crippen LogP contribution in [0.4, 0.5) is 0 Å². The van der Waals surface area contributed by atoms with Crippen LogP contribution in [0.15, 0.2) is 0 Å². The number of hydrogen-bond acceptors (Lipinski definition) is 3. The van der Waals surface area contributed by atoms with Crippen molar-refractivity contribution in [1.29, 1.82) is 0 Å². The minimum atomic E-state index is -0.479. The minimum absolute atomic E-state index is 0.231. The summed E-state index contributed by atoms with van der Waals surface area (Å²) in [5, 5.41) is 9.25. The van der Waals surface area contributed by atoms with Gasteiger partial charge in [-0.2, -0.15) is 0 Å². The summed E-state index contributed by atoms with van der Waals surface area (Å²) in [6.45, 7) is 1.28. The highest BCUT2D eigenvalue weighted by Gasteiger charge is 2.38. The van der Waals surface area contributed by atoms with E-state index in [2.05, 4.69) is 0 Å². The van der Waals surface area contributed by atoms with E-state index in [1.165, 1.54) is 7.05 Å². The van der Waals surface area contributed by atoms with Gasteiger partial charge in [-0.1, -0.05) is 0 Å². The SMILES string of the molecule is CN1CC(O)C([N+](C)=O)C1. The van der Waals surface area contributed by atoms with Gasteiger partial charge >= 0.3 is 0 Å². The third-order valence-electron chi connectivity index (χ3n) is 1.91. The van der Waals surface area contributed by atoms with Gasteiger partial charge in [0.05, 0.1) is 6.54 Å². The van der Waals surface area contributed by atoms with E-state index >= 15 is 0 Å². The maximum atomic E-state index is 10.7. The van der Waals surface area contributed by atoms with E-state index in [-0.39, 0.29) is 6.04 Å². The van der Waals surface area contributed by atoms with E-state index in [1.807, 2.05) is 11.9 Å². The molecule has 1 rings (SSSR count). The predicted molar refractivity (Wildman–Crippen MR) is 36.8 cm³/mol. The van der Waals surface area contributed by atoms with Crippen LogP contribution in [0.25, 0.3) is 0 Å². The summed E-state index contributed by atoms with van der Waals surface area (Å²) < 4.78 is 0.828. The first-order valence-corrected chi connectivity index (χ1v) is 3.38. The summed E-state index contributed by atoms with van der Waals surface area (Å²) in [4.78, 5) is 12.7. The third-order valence-corrected chi connectivity index (χ3v) is 1.91. The maximum Gasteiger partial charge on any atom is 0.240 e. The monoisotopic (exact) mass is 145 g/mol. The summed E-state index contributed by atoms with van der Waals surface area (Å²) in [7, 11) is 3.35. The summed E-state index contributed by atoms with van der Waals surface area (Å²) in [6, 6.07) is -0.231. The van der Waals surface area contributed by atoms with Crippen molar-refractivity contribution >= 4 is 0 Å². The molecule has 0 amide bonds. The van der Waals surface area contributed by atoms with Crippen molar-refractivity contribution < 1.29 is 9.87 Å². The summed E-state index contributed by atoms with van der Waals surface area (Å²) in [6.07, 6.45) is -0.479. The fourth-order valence-electron chi connectivity index (χ4n) is 1.31. The lowest BCUT2D eigenvalue weighted by Crippen LogP contribution is -2.32. The number of hydrogen-bond donors (Lipinski definition) is 1. The van der Waals surface area contributed by atoms with Gasteiger partial charge in [0.1, 0.15) is 6.10 Å². The molecule has 0 aromatic rings. The second-order valence-electron chi connectivity index (χ2n) is 2.90. The molecule has 1 saturated heterocycles. The topological polar surface area (TPSA) is 43.5 Å². The Labute approximate surface area is 60.0 Å². The van der Waals surface area contributed by atoms with Crippen LogP contribution in [0.1, 0.15) is 0 Å². The number of likely N-dealkylation sites (N-methyl/N-ethyl adjacent to an activating group) is 2. The summed E-state index contributed by atoms with van der Waals surface area (Å²) in [5.41, 5.74) is 0. The highest BCUT2D eigenvalue weighted by atomic mass is 16.3. The number of nitrogens with zero attached hydrogens (tertiary/aromatic N) is 2. The zero-order valence-corrected chi connectivity index (χ0v) is 6.32. The molecule has 0 bridgehead atoms. The lowest BCUT2D eigenvalue weighted by molar-refractivity contribution is -0.563. The molecule has 0 aromatic heterocycles. The molecule has 0 aliphatic carbocycles. The van der Waals surface area contributed by atoms with Gasteiger partial charge in [0.25, 0.3) is 0 Å². The number of β-amino-alcohol motifs (C(OH)–C–C–N with tert-alkyl or cyclic N) is 1. The van der Waals surface area contributed by atoms with Crippen LogP contribution in [-0.2, 0) is 0 Å². The number of aliphatic hydroxyl groups excluding tert-OH is 1. The van der Waals surface area contributed by atoms with E-state index in [1.54, 1.807) is 0 Å². The Kier molecular flexibility index (Phi) is 2.01. The first kappa shape index (κ1) is 7.63. The summed E-state index contributed by atoms with van der Waals surface area (Å²) in [5.74, 6) is 0. The third kappa shape index (κ3) is 1.33. The maximum absolute atomic E-state index is 10.7. The molecule has 0 saturated carbocycles. The van der Waals surface area contributed by atoms with Crippen LogP contribution in [0.5, 0.6) is 0 Å². The number of nitroso groups, excluding NO2 is 1. The van der Waals surface area contributed by atoms with Gasteiger partial charge < -0.3 is 5.11 Å². The van der Waals surface area contributed by atoms with Gasteiger partial charge in [-0.05, 0) is 7.05 Å². The largest absolute Gasteiger partial charge is 0.385 e. The standard InChI is InChI=1S/C6H13N2O2/c1-7-3-5(8(2)10)6(9)4-7/h5-6,9H,3-4H2,1-2H3/q+1. The number of aliphatic hydroxyl groups is 1. The normalized spacial score (nSPS) is 34.7. The van der Waals surface area contributed by atoms with Crippen molar-refractivity contribution in [3.63, 3.8) is 0 Å². The average Bonchev–Trinajstić information content (AvgIpc) is 2.10. The molecule has 1 fully saturated rings. The van der Waals surface area contributed by atoms with E-state index in [9.17, 15) is 10.0 Å². The van der Waals surface area contributed by atoms with Crippen molar-refractivity contribution in [2.75, 3.05) is 27.2 Å². The molecule has 0 radical (unpaired) electrons. The Morgan fingerprint density at radius 2 is 2.20 bits per heavy atom. The van der Waals surface area contributed by atoms with Crippen molar-refractivity contribution in [2.24, 2.45) is 0 Å². The van der Waals surface area contributed by atoms with Crippen LogP contribution in [-0.4, -0.2) is 54.1 Å². The van der Waals surface area contributed by atoms with Gasteiger partial charge in [0.2, 0.25) is 6.04 Å². The zero-order chi connectivity index (χ0) is 7.72. The van der Waals surface area contributed by atoms with Crippen molar-refractivity contribution in [1.82, 2.24) is 4.90 Å². The molecular weight excluding hydrogens is 132 g/mol. The van der Waals surface area contributed by atoms with Gasteiger partial charge in [-0.25, -0.2) is 0 Å². The van der Waals surface area contributed by atoms with Crippen molar-refractivity contribution in [3.05, 3.63) is 4.91 Å². The van der Waals surface area contributed by atoms with Gasteiger partial charge in [0, 0.05) is 16.2 Å². The lowest BCUT2D eigenvalue weighted by atomic mass is 10.2. The zero-order valence-electron chi connectivity index (χ0n) is 6.32. The van der Waals surface area contributed by atoms with Crippen LogP contribution >= 0.6 is 0 Å². The molecule has 1 heterocycles. The molecule has 1 aliphatic heterocycles. The molecule has 58 valence electrons. The number of likely N-dealkylation sites (tertiary alicyclic amines) is 1. The Balaban J connectivity index is 2.54. The van der Waals surface area contributed by atoms with Crippen LogP contribution in [0, 0.1) is 4.91 Å². The second-order valence-corrected chi connectivity index (χ2v) is 2.90. The first-order chi connectivity index (χ1) is 4.61. The van der Waals surface area contributed by atoms with Crippen LogP contribution in [0.3, 0.4) is 0 Å². The molecule has 0 spiro atoms. The van der Waals surface area contributed by atoms with Crippen molar-refractivity contribution in [2.45, 2.75) is 12.1 Å². The van der Waals surface area contributed by atoms with Crippen molar-refractivity contribution in [3.8, 4) is 0 Å². The fourth-order valence-corrected chi connectivity index (χ4v) is 1.31. The fraction of sp³-hybridized carbons (Fsp3) is 1.00. The van der Waals surface area contributed by atoms with Gasteiger partial charge in [0.15, 0.2) is 7.05 Å². The second kappa shape index (κ2) is 2.64. The van der Waals surface area contributed by atoms with Crippen LogP contribution < -0.4 is 0 Å². The van der Waals surface area contributed by atoms with E-state index < -0.39 is 6.10 Å². The molecule has 10 heavy (non-hydrogen) atoms. The highest BCUT2D eigenvalue weighted by Crippen LogP contribution is 2.09. The molecule has 1 aliphatic rings. The van der Waals surface area contributed by atoms with Gasteiger partial charge in [-0.3, -0.25) is 4.90 Å². The predicted octanol–water partition coefficient (Wildman–Crippen LogP) is -0.930. The van der Waals surface area contributed by atoms with E-state index in [4.69, 9.17) is 0 Å². The molecule has 1 N–H and O–H groups in total. The molecule has 4 heteroatoms. The molecule has 4 nitrogen and oxygen atoms in total. The summed E-state index contributed by atoms with van der Waals surface area (Å²) >= 11 is 0.